The summed E-state index contributed by atoms with van der Waals surface area (Å²) < 4.78 is 7.38. The summed E-state index contributed by atoms with van der Waals surface area (Å²) in [5, 5.41) is 14.1. The predicted octanol–water partition coefficient (Wildman–Crippen LogP) is 0.539. The lowest BCUT2D eigenvalue weighted by molar-refractivity contribution is -0.0894. The van der Waals surface area contributed by atoms with E-state index in [0.717, 1.165) is 11.3 Å². The Hall–Kier alpha value is -0.805. The molecule has 89 valence electrons. The Bertz CT molecular complexity index is 367. The highest BCUT2D eigenvalue weighted by Crippen LogP contribution is 2.24. The molecule has 1 heterocycles. The molecule has 1 aromatic rings. The summed E-state index contributed by atoms with van der Waals surface area (Å²) in [6.45, 7) is 9.10. The average Bonchev–Trinajstić information content (AvgIpc) is 2.39. The van der Waals surface area contributed by atoms with Gasteiger partial charge in [-0.25, -0.2) is 0 Å². The molecule has 0 aliphatic rings. The van der Waals surface area contributed by atoms with Crippen molar-refractivity contribution in [3.8, 4) is 0 Å². The minimum absolute atomic E-state index is 0.648. The molecule has 0 aliphatic carbocycles. The highest BCUT2D eigenvalue weighted by molar-refractivity contribution is 6.46. The van der Waals surface area contributed by atoms with Crippen molar-refractivity contribution < 1.29 is 9.76 Å². The molecule has 0 amide bonds. The molecule has 0 aromatic carbocycles. The molecule has 0 atom stereocenters. The summed E-state index contributed by atoms with van der Waals surface area (Å²) in [5.74, 6) is 0. The molecule has 0 bridgehead atoms. The second kappa shape index (κ2) is 4.22. The van der Waals surface area contributed by atoms with Gasteiger partial charge in [-0.15, -0.1) is 0 Å². The molecule has 0 unspecified atom stereocenters. The Balaban J connectivity index is 2.68. The quantitative estimate of drug-likeness (QED) is 0.758. The Morgan fingerprint density at radius 1 is 1.38 bits per heavy atom. The van der Waals surface area contributed by atoms with E-state index in [1.807, 2.05) is 33.9 Å². The van der Waals surface area contributed by atoms with Crippen LogP contribution in [0.5, 0.6) is 0 Å². The van der Waals surface area contributed by atoms with Crippen LogP contribution in [-0.4, -0.2) is 33.6 Å². The normalized spacial score (nSPS) is 12.9. The van der Waals surface area contributed by atoms with E-state index in [4.69, 9.17) is 4.65 Å². The fourth-order valence-electron chi connectivity index (χ4n) is 1.09. The Morgan fingerprint density at radius 2 is 1.94 bits per heavy atom. The molecular formula is C11H20BN2O2. The van der Waals surface area contributed by atoms with Crippen LogP contribution < -0.4 is 5.59 Å². The van der Waals surface area contributed by atoms with Gasteiger partial charge in [0.25, 0.3) is 0 Å². The fourth-order valence-corrected chi connectivity index (χ4v) is 1.09. The van der Waals surface area contributed by atoms with Crippen molar-refractivity contribution in [2.45, 2.75) is 45.8 Å². The molecule has 1 radical (unpaired) electrons. The molecule has 0 fully saturated rings. The zero-order valence-corrected chi connectivity index (χ0v) is 10.9. The number of rotatable bonds is 4. The van der Waals surface area contributed by atoms with Gasteiger partial charge < -0.3 is 9.76 Å². The second-order valence-electron chi connectivity index (χ2n) is 5.14. The van der Waals surface area contributed by atoms with Gasteiger partial charge >= 0.3 is 7.48 Å². The van der Waals surface area contributed by atoms with E-state index in [-0.39, 0.29) is 0 Å². The fraction of sp³-hybridized carbons (Fsp3) is 0.727. The highest BCUT2D eigenvalue weighted by Gasteiger charge is 2.35. The van der Waals surface area contributed by atoms with E-state index in [0.29, 0.717) is 0 Å². The van der Waals surface area contributed by atoms with Crippen molar-refractivity contribution in [2.24, 2.45) is 7.05 Å². The molecule has 0 spiro atoms. The molecule has 1 N–H and O–H groups in total. The molecule has 0 saturated heterocycles. The second-order valence-corrected chi connectivity index (χ2v) is 5.14. The zero-order valence-electron chi connectivity index (χ0n) is 10.9. The van der Waals surface area contributed by atoms with Crippen LogP contribution in [0, 0.1) is 6.92 Å². The molecule has 16 heavy (non-hydrogen) atoms. The summed E-state index contributed by atoms with van der Waals surface area (Å²) in [4.78, 5) is 0. The lowest BCUT2D eigenvalue weighted by atomic mass is 9.85. The molecule has 0 saturated carbocycles. The van der Waals surface area contributed by atoms with Crippen molar-refractivity contribution in [1.29, 1.82) is 0 Å². The summed E-state index contributed by atoms with van der Waals surface area (Å²) in [6, 6.07) is 1.93. The first-order valence-corrected chi connectivity index (χ1v) is 5.37. The molecule has 4 nitrogen and oxygen atoms in total. The number of hydrogen-bond donors (Lipinski definition) is 1. The number of hydrogen-bond acceptors (Lipinski definition) is 3. The first-order valence-electron chi connectivity index (χ1n) is 5.37. The van der Waals surface area contributed by atoms with Gasteiger partial charge in [0.2, 0.25) is 0 Å². The summed E-state index contributed by atoms with van der Waals surface area (Å²) in [5.41, 5.74) is 0.274. The van der Waals surface area contributed by atoms with Crippen LogP contribution in [0.2, 0.25) is 0 Å². The third-order valence-electron chi connectivity index (χ3n) is 2.99. The van der Waals surface area contributed by atoms with Gasteiger partial charge in [0.05, 0.1) is 16.9 Å². The van der Waals surface area contributed by atoms with E-state index in [2.05, 4.69) is 5.10 Å². The maximum atomic E-state index is 9.93. The van der Waals surface area contributed by atoms with Crippen LogP contribution in [0.3, 0.4) is 0 Å². The van der Waals surface area contributed by atoms with Crippen molar-refractivity contribution in [2.75, 3.05) is 0 Å². The van der Waals surface area contributed by atoms with Crippen molar-refractivity contribution >= 4 is 13.1 Å². The highest BCUT2D eigenvalue weighted by atomic mass is 16.5. The van der Waals surface area contributed by atoms with Gasteiger partial charge in [-0.1, -0.05) is 0 Å². The summed E-state index contributed by atoms with van der Waals surface area (Å²) in [6.07, 6.45) is 0. The lowest BCUT2D eigenvalue weighted by Crippen LogP contribution is -2.49. The monoisotopic (exact) mass is 223 g/mol. The van der Waals surface area contributed by atoms with E-state index >= 15 is 0 Å². The SMILES string of the molecule is Cc1cc([B]OC(C)(C)C(C)(C)O)n(C)n1. The predicted molar refractivity (Wildman–Crippen MR) is 64.8 cm³/mol. The standard InChI is InChI=1S/C11H20BN2O2/c1-8-7-9(14(6)13-8)12-16-11(4,5)10(2,3)15/h7,15H,1-6H3. The first kappa shape index (κ1) is 13.3. The maximum absolute atomic E-state index is 9.93. The zero-order chi connectivity index (χ0) is 12.6. The van der Waals surface area contributed by atoms with E-state index in [9.17, 15) is 5.11 Å². The topological polar surface area (TPSA) is 47.3 Å². The molecule has 0 aliphatic heterocycles. The molecule has 1 rings (SSSR count). The smallest absolute Gasteiger partial charge is 0.351 e. The van der Waals surface area contributed by atoms with Crippen molar-refractivity contribution in [1.82, 2.24) is 9.78 Å². The van der Waals surface area contributed by atoms with Gasteiger partial charge in [0, 0.05) is 12.6 Å². The van der Waals surface area contributed by atoms with Gasteiger partial charge in [-0.2, -0.15) is 5.10 Å². The van der Waals surface area contributed by atoms with Gasteiger partial charge in [-0.05, 0) is 40.7 Å². The van der Waals surface area contributed by atoms with Gasteiger partial charge in [-0.3, -0.25) is 4.68 Å². The maximum Gasteiger partial charge on any atom is 0.351 e. The molecule has 5 heteroatoms. The lowest BCUT2D eigenvalue weighted by Gasteiger charge is -2.37. The van der Waals surface area contributed by atoms with Crippen LogP contribution in [-0.2, 0) is 11.7 Å². The van der Waals surface area contributed by atoms with E-state index in [1.54, 1.807) is 26.0 Å². The van der Waals surface area contributed by atoms with Crippen LogP contribution in [0.25, 0.3) is 0 Å². The van der Waals surface area contributed by atoms with E-state index in [1.165, 1.54) is 0 Å². The first-order chi connectivity index (χ1) is 7.13. The largest absolute Gasteiger partial charge is 0.425 e. The average molecular weight is 223 g/mol. The van der Waals surface area contributed by atoms with Crippen molar-refractivity contribution in [3.05, 3.63) is 11.8 Å². The minimum Gasteiger partial charge on any atom is -0.425 e. The Labute approximate surface area is 97.9 Å². The van der Waals surface area contributed by atoms with Gasteiger partial charge in [0.1, 0.15) is 0 Å². The number of aromatic nitrogens is 2. The van der Waals surface area contributed by atoms with Crippen molar-refractivity contribution in [3.63, 3.8) is 0 Å². The van der Waals surface area contributed by atoms with Crippen LogP contribution >= 0.6 is 0 Å². The van der Waals surface area contributed by atoms with Gasteiger partial charge in [0.15, 0.2) is 0 Å². The summed E-state index contributed by atoms with van der Waals surface area (Å²) in [7, 11) is 3.50. The molecule has 1 aromatic heterocycles. The minimum atomic E-state index is -0.906. The van der Waals surface area contributed by atoms with E-state index < -0.39 is 11.2 Å². The van der Waals surface area contributed by atoms with Crippen LogP contribution in [0.4, 0.5) is 0 Å². The molecular weight excluding hydrogens is 203 g/mol. The third kappa shape index (κ3) is 2.86. The number of aryl methyl sites for hydroxylation is 2. The van der Waals surface area contributed by atoms with Crippen LogP contribution in [0.15, 0.2) is 6.07 Å². The number of nitrogens with zero attached hydrogens (tertiary/aromatic N) is 2. The summed E-state index contributed by atoms with van der Waals surface area (Å²) >= 11 is 0. The Morgan fingerprint density at radius 3 is 2.31 bits per heavy atom. The number of aliphatic hydroxyl groups is 1. The third-order valence-corrected chi connectivity index (χ3v) is 2.99. The Kier molecular flexibility index (Phi) is 3.50. The van der Waals surface area contributed by atoms with Crippen LogP contribution in [0.1, 0.15) is 33.4 Å².